The van der Waals surface area contributed by atoms with Crippen molar-refractivity contribution >= 4 is 40.1 Å². The number of fused-ring (bicyclic) bond motifs is 1. The Hall–Kier alpha value is -3.69. The number of benzene rings is 2. The predicted molar refractivity (Wildman–Crippen MR) is 135 cm³/mol. The lowest BCUT2D eigenvalue weighted by atomic mass is 10.1. The highest BCUT2D eigenvalue weighted by Gasteiger charge is 2.31. The van der Waals surface area contributed by atoms with E-state index >= 15 is 0 Å². The molecule has 0 saturated carbocycles. The van der Waals surface area contributed by atoms with Gasteiger partial charge >= 0.3 is 0 Å². The molecule has 0 aliphatic carbocycles. The van der Waals surface area contributed by atoms with E-state index in [1.54, 1.807) is 29.3 Å². The largest absolute Gasteiger partial charge is 0.349 e. The van der Waals surface area contributed by atoms with Crippen molar-refractivity contribution in [1.82, 2.24) is 29.7 Å². The molecular formula is C25H26ClN7O2. The van der Waals surface area contributed by atoms with Crippen LogP contribution in [0.1, 0.15) is 22.9 Å². The number of rotatable bonds is 7. The van der Waals surface area contributed by atoms with E-state index in [4.69, 9.17) is 11.6 Å². The lowest BCUT2D eigenvalue weighted by molar-refractivity contribution is -0.117. The van der Waals surface area contributed by atoms with Gasteiger partial charge in [-0.15, -0.1) is 0 Å². The highest BCUT2D eigenvalue weighted by atomic mass is 35.5. The monoisotopic (exact) mass is 491 g/mol. The number of carbonyl (C=O) groups excluding carboxylic acids is 2. The van der Waals surface area contributed by atoms with Crippen molar-refractivity contribution in [2.45, 2.75) is 13.0 Å². The van der Waals surface area contributed by atoms with Gasteiger partial charge in [0.1, 0.15) is 5.82 Å². The van der Waals surface area contributed by atoms with Gasteiger partial charge in [0.15, 0.2) is 5.82 Å². The number of hydrogen-bond donors (Lipinski definition) is 2. The molecule has 2 aromatic heterocycles. The van der Waals surface area contributed by atoms with Crippen LogP contribution in [-0.2, 0) is 11.3 Å². The van der Waals surface area contributed by atoms with Crippen molar-refractivity contribution in [2.24, 2.45) is 5.92 Å². The van der Waals surface area contributed by atoms with Gasteiger partial charge in [-0.1, -0.05) is 11.6 Å². The normalized spacial score (nSPS) is 15.9. The third-order valence-electron chi connectivity index (χ3n) is 6.03. The number of H-pyrrole nitrogens is 1. The number of imidazole rings is 2. The molecule has 5 rings (SSSR count). The molecule has 2 amide bonds. The number of halogens is 1. The molecule has 180 valence electrons. The highest BCUT2D eigenvalue weighted by molar-refractivity contribution is 6.31. The quantitative estimate of drug-likeness (QED) is 0.413. The lowest BCUT2D eigenvalue weighted by Crippen LogP contribution is -2.31. The van der Waals surface area contributed by atoms with Gasteiger partial charge in [0.2, 0.25) is 5.91 Å². The standard InChI is InChI=1S/C25H26ClN7O2/c1-31(2)15-22-27-9-10-32(22)18-4-6-19(7-5-18)33-14-16(11-23(33)34)13-28-25(35)24-29-20-8-3-17(26)12-21(20)30-24/h3-10,12,16H,11,13-15H2,1-2H3,(H,28,35)(H,29,30). The van der Waals surface area contributed by atoms with Crippen LogP contribution in [-0.4, -0.2) is 63.4 Å². The van der Waals surface area contributed by atoms with Crippen LogP contribution in [0, 0.1) is 5.92 Å². The van der Waals surface area contributed by atoms with Crippen LogP contribution in [0.15, 0.2) is 54.9 Å². The minimum absolute atomic E-state index is 0.0188. The molecule has 35 heavy (non-hydrogen) atoms. The maximum Gasteiger partial charge on any atom is 0.287 e. The molecule has 2 aromatic carbocycles. The van der Waals surface area contributed by atoms with Gasteiger partial charge in [-0.25, -0.2) is 9.97 Å². The zero-order valence-corrected chi connectivity index (χ0v) is 20.3. The molecule has 1 saturated heterocycles. The summed E-state index contributed by atoms with van der Waals surface area (Å²) in [6, 6.07) is 13.1. The summed E-state index contributed by atoms with van der Waals surface area (Å²) >= 11 is 6.00. The van der Waals surface area contributed by atoms with Crippen molar-refractivity contribution in [2.75, 3.05) is 32.1 Å². The summed E-state index contributed by atoms with van der Waals surface area (Å²) in [5, 5.41) is 3.47. The Morgan fingerprint density at radius 1 is 1.20 bits per heavy atom. The fraction of sp³-hybridized carbons (Fsp3) is 0.280. The fourth-order valence-electron chi connectivity index (χ4n) is 4.34. The number of carbonyl (C=O) groups is 2. The molecule has 1 fully saturated rings. The molecule has 1 aliphatic rings. The maximum absolute atomic E-state index is 12.7. The van der Waals surface area contributed by atoms with Gasteiger partial charge in [-0.2, -0.15) is 0 Å². The second-order valence-corrected chi connectivity index (χ2v) is 9.44. The third kappa shape index (κ3) is 4.91. The molecule has 0 spiro atoms. The minimum Gasteiger partial charge on any atom is -0.349 e. The van der Waals surface area contributed by atoms with E-state index in [2.05, 4.69) is 25.2 Å². The van der Waals surface area contributed by atoms with Crippen LogP contribution in [0.3, 0.4) is 0 Å². The predicted octanol–water partition coefficient (Wildman–Crippen LogP) is 3.25. The number of anilines is 1. The Morgan fingerprint density at radius 2 is 1.97 bits per heavy atom. The van der Waals surface area contributed by atoms with Gasteiger partial charge < -0.3 is 24.7 Å². The SMILES string of the molecule is CN(C)Cc1nccn1-c1ccc(N2CC(CNC(=O)c3nc4ccc(Cl)cc4[nH]3)CC2=O)cc1. The number of aromatic amines is 1. The summed E-state index contributed by atoms with van der Waals surface area (Å²) in [5.74, 6) is 0.938. The molecule has 1 atom stereocenters. The van der Waals surface area contributed by atoms with E-state index in [0.717, 1.165) is 23.7 Å². The van der Waals surface area contributed by atoms with Gasteiger partial charge in [0.25, 0.3) is 5.91 Å². The first kappa shape index (κ1) is 23.1. The Labute approximate surface area is 207 Å². The Kier molecular flexibility index (Phi) is 6.27. The summed E-state index contributed by atoms with van der Waals surface area (Å²) in [4.78, 5) is 40.9. The van der Waals surface area contributed by atoms with Crippen molar-refractivity contribution in [3.63, 3.8) is 0 Å². The molecule has 3 heterocycles. The molecule has 2 N–H and O–H groups in total. The van der Waals surface area contributed by atoms with E-state index < -0.39 is 0 Å². The lowest BCUT2D eigenvalue weighted by Gasteiger charge is -2.18. The van der Waals surface area contributed by atoms with Gasteiger partial charge in [0.05, 0.1) is 17.6 Å². The summed E-state index contributed by atoms with van der Waals surface area (Å²) in [5.41, 5.74) is 3.22. The Morgan fingerprint density at radius 3 is 2.74 bits per heavy atom. The van der Waals surface area contributed by atoms with Crippen molar-refractivity contribution in [1.29, 1.82) is 0 Å². The van der Waals surface area contributed by atoms with Gasteiger partial charge in [-0.05, 0) is 56.6 Å². The van der Waals surface area contributed by atoms with E-state index in [1.807, 2.05) is 49.1 Å². The van der Waals surface area contributed by atoms with Crippen LogP contribution in [0.25, 0.3) is 16.7 Å². The average molecular weight is 492 g/mol. The number of nitrogens with one attached hydrogen (secondary N) is 2. The first-order valence-electron chi connectivity index (χ1n) is 11.4. The average Bonchev–Trinajstić information content (AvgIpc) is 3.55. The van der Waals surface area contributed by atoms with Gasteiger partial charge in [0, 0.05) is 54.2 Å². The smallest absolute Gasteiger partial charge is 0.287 e. The molecule has 0 bridgehead atoms. The molecule has 9 nitrogen and oxygen atoms in total. The number of amides is 2. The number of hydrogen-bond acceptors (Lipinski definition) is 5. The molecule has 1 aliphatic heterocycles. The van der Waals surface area contributed by atoms with Crippen LogP contribution in [0.2, 0.25) is 5.02 Å². The van der Waals surface area contributed by atoms with Crippen LogP contribution in [0.5, 0.6) is 0 Å². The summed E-state index contributed by atoms with van der Waals surface area (Å²) in [7, 11) is 4.01. The van der Waals surface area contributed by atoms with Gasteiger partial charge in [-0.3, -0.25) is 9.59 Å². The second kappa shape index (κ2) is 9.52. The molecule has 4 aromatic rings. The van der Waals surface area contributed by atoms with E-state index in [0.29, 0.717) is 35.6 Å². The molecule has 0 radical (unpaired) electrons. The Balaban J connectivity index is 1.21. The van der Waals surface area contributed by atoms with Crippen molar-refractivity contribution in [3.8, 4) is 5.69 Å². The van der Waals surface area contributed by atoms with Crippen LogP contribution in [0.4, 0.5) is 5.69 Å². The Bertz CT molecular complexity index is 1380. The highest BCUT2D eigenvalue weighted by Crippen LogP contribution is 2.26. The summed E-state index contributed by atoms with van der Waals surface area (Å²) < 4.78 is 2.04. The molecule has 10 heteroatoms. The topological polar surface area (TPSA) is 99.2 Å². The summed E-state index contributed by atoms with van der Waals surface area (Å²) in [6.45, 7) is 1.67. The fourth-order valence-corrected chi connectivity index (χ4v) is 4.51. The zero-order valence-electron chi connectivity index (χ0n) is 19.5. The van der Waals surface area contributed by atoms with Crippen molar-refractivity contribution < 1.29 is 9.59 Å². The van der Waals surface area contributed by atoms with E-state index in [1.165, 1.54) is 0 Å². The number of aromatic nitrogens is 4. The van der Waals surface area contributed by atoms with E-state index in [9.17, 15) is 9.59 Å². The maximum atomic E-state index is 12.7. The first-order chi connectivity index (χ1) is 16.9. The second-order valence-electron chi connectivity index (χ2n) is 9.00. The summed E-state index contributed by atoms with van der Waals surface area (Å²) in [6.07, 6.45) is 4.10. The minimum atomic E-state index is -0.304. The zero-order chi connectivity index (χ0) is 24.5. The van der Waals surface area contributed by atoms with Crippen LogP contribution >= 0.6 is 11.6 Å². The van der Waals surface area contributed by atoms with Crippen LogP contribution < -0.4 is 10.2 Å². The van der Waals surface area contributed by atoms with E-state index in [-0.39, 0.29) is 23.6 Å². The number of nitrogens with zero attached hydrogens (tertiary/aromatic N) is 5. The molecule has 1 unspecified atom stereocenters. The third-order valence-corrected chi connectivity index (χ3v) is 6.27. The van der Waals surface area contributed by atoms with Crippen molar-refractivity contribution in [3.05, 3.63) is 71.5 Å². The first-order valence-corrected chi connectivity index (χ1v) is 11.8. The molecular weight excluding hydrogens is 466 g/mol.